The molecule has 0 atom stereocenters. The summed E-state index contributed by atoms with van der Waals surface area (Å²) in [6.45, 7) is 0. The van der Waals surface area contributed by atoms with E-state index in [2.05, 4.69) is 31.5 Å². The van der Waals surface area contributed by atoms with Crippen LogP contribution in [-0.2, 0) is 5.75 Å². The molecule has 0 radical (unpaired) electrons. The molecule has 0 saturated carbocycles. The van der Waals surface area contributed by atoms with E-state index < -0.39 is 0 Å². The number of hydrogen-bond acceptors (Lipinski definition) is 7. The highest BCUT2D eigenvalue weighted by atomic mass is 79.9. The molecule has 0 fully saturated rings. The third kappa shape index (κ3) is 3.60. The van der Waals surface area contributed by atoms with E-state index in [1.807, 2.05) is 36.4 Å². The number of para-hydroxylation sites is 2. The minimum absolute atomic E-state index is 0.388. The van der Waals surface area contributed by atoms with E-state index in [0.29, 0.717) is 22.2 Å². The third-order valence-corrected chi connectivity index (χ3v) is 5.36. The molecule has 0 aliphatic carbocycles. The Kier molecular flexibility index (Phi) is 4.95. The molecule has 4 aromatic rings. The van der Waals surface area contributed by atoms with Crippen molar-refractivity contribution in [3.05, 3.63) is 69.0 Å². The van der Waals surface area contributed by atoms with Crippen LogP contribution in [0.5, 0.6) is 5.75 Å². The van der Waals surface area contributed by atoms with Gasteiger partial charge in [0.25, 0.3) is 0 Å². The van der Waals surface area contributed by atoms with Crippen LogP contribution in [0.1, 0.15) is 5.56 Å². The molecule has 2 aromatic heterocycles. The first kappa shape index (κ1) is 17.7. The van der Waals surface area contributed by atoms with Crippen LogP contribution < -0.4 is 10.4 Å². The van der Waals surface area contributed by atoms with Crippen molar-refractivity contribution in [3.8, 4) is 11.4 Å². The van der Waals surface area contributed by atoms with Gasteiger partial charge in [0.2, 0.25) is 5.16 Å². The molecule has 0 unspecified atom stereocenters. The average Bonchev–Trinajstić information content (AvgIpc) is 3.14. The predicted octanol–water partition coefficient (Wildman–Crippen LogP) is 3.83. The lowest BCUT2D eigenvalue weighted by Crippen LogP contribution is -2.03. The molecule has 0 bridgehead atoms. The van der Waals surface area contributed by atoms with Gasteiger partial charge in [-0.05, 0) is 46.3 Å². The first-order valence-corrected chi connectivity index (χ1v) is 9.70. The Morgan fingerprint density at radius 3 is 2.93 bits per heavy atom. The molecular weight excluding hydrogens is 432 g/mol. The van der Waals surface area contributed by atoms with E-state index >= 15 is 0 Å². The number of hydrogen-bond donors (Lipinski definition) is 0. The first-order valence-electron chi connectivity index (χ1n) is 7.92. The molecule has 0 N–H and O–H groups in total. The maximum absolute atomic E-state index is 11.9. The van der Waals surface area contributed by atoms with Crippen LogP contribution in [0.25, 0.3) is 16.7 Å². The van der Waals surface area contributed by atoms with Crippen LogP contribution in [0.3, 0.4) is 0 Å². The minimum atomic E-state index is -0.388. The van der Waals surface area contributed by atoms with Crippen LogP contribution >= 0.6 is 27.7 Å². The Bertz CT molecular complexity index is 1170. The number of ether oxygens (including phenoxy) is 1. The average molecular weight is 445 g/mol. The lowest BCUT2D eigenvalue weighted by molar-refractivity contribution is 0.410. The fraction of sp³-hybridized carbons (Fsp3) is 0.111. The molecule has 7 nitrogen and oxygen atoms in total. The van der Waals surface area contributed by atoms with Gasteiger partial charge in [0.05, 0.1) is 7.11 Å². The molecule has 0 saturated heterocycles. The second-order valence-electron chi connectivity index (χ2n) is 5.56. The minimum Gasteiger partial charge on any atom is -0.494 e. The van der Waals surface area contributed by atoms with Gasteiger partial charge in [-0.25, -0.2) is 4.79 Å². The van der Waals surface area contributed by atoms with Gasteiger partial charge in [0.1, 0.15) is 17.0 Å². The smallest absolute Gasteiger partial charge is 0.336 e. The highest BCUT2D eigenvalue weighted by Gasteiger charge is 2.14. The maximum Gasteiger partial charge on any atom is 0.336 e. The molecule has 2 heterocycles. The van der Waals surface area contributed by atoms with Crippen molar-refractivity contribution in [1.29, 1.82) is 0 Å². The summed E-state index contributed by atoms with van der Waals surface area (Å²) in [5, 5.41) is 13.4. The number of thioether (sulfide) groups is 1. The maximum atomic E-state index is 11.9. The molecule has 0 aliphatic rings. The number of halogens is 1. The second kappa shape index (κ2) is 7.53. The van der Waals surface area contributed by atoms with Crippen molar-refractivity contribution in [2.24, 2.45) is 0 Å². The topological polar surface area (TPSA) is 83.0 Å². The number of benzene rings is 2. The summed E-state index contributed by atoms with van der Waals surface area (Å²) in [6.07, 6.45) is 0. The van der Waals surface area contributed by atoms with Gasteiger partial charge in [0.15, 0.2) is 0 Å². The predicted molar refractivity (Wildman–Crippen MR) is 105 cm³/mol. The van der Waals surface area contributed by atoms with E-state index in [9.17, 15) is 4.79 Å². The highest BCUT2D eigenvalue weighted by molar-refractivity contribution is 9.10. The van der Waals surface area contributed by atoms with E-state index in [-0.39, 0.29) is 5.63 Å². The molecular formula is C18H13BrN4O3S. The largest absolute Gasteiger partial charge is 0.494 e. The summed E-state index contributed by atoms with van der Waals surface area (Å²) in [4.78, 5) is 11.9. The summed E-state index contributed by atoms with van der Waals surface area (Å²) >= 11 is 4.82. The summed E-state index contributed by atoms with van der Waals surface area (Å²) in [7, 11) is 1.60. The molecule has 9 heteroatoms. The zero-order valence-electron chi connectivity index (χ0n) is 14.1. The molecule has 0 spiro atoms. The number of nitrogens with zero attached hydrogens (tertiary/aromatic N) is 4. The number of tetrazole rings is 1. The second-order valence-corrected chi connectivity index (χ2v) is 7.42. The zero-order chi connectivity index (χ0) is 18.8. The van der Waals surface area contributed by atoms with Gasteiger partial charge in [-0.3, -0.25) is 0 Å². The number of rotatable bonds is 5. The lowest BCUT2D eigenvalue weighted by atomic mass is 10.1. The Balaban J connectivity index is 1.67. The molecule has 136 valence electrons. The van der Waals surface area contributed by atoms with Gasteiger partial charge >= 0.3 is 5.63 Å². The Labute approximate surface area is 166 Å². The molecule has 2 aromatic carbocycles. The van der Waals surface area contributed by atoms with Crippen molar-refractivity contribution in [2.75, 3.05) is 7.11 Å². The molecule has 4 rings (SSSR count). The number of fused-ring (bicyclic) bond motifs is 1. The number of aromatic nitrogens is 4. The van der Waals surface area contributed by atoms with Crippen LogP contribution in [0, 0.1) is 0 Å². The lowest BCUT2D eigenvalue weighted by Gasteiger charge is -2.09. The Morgan fingerprint density at radius 2 is 2.07 bits per heavy atom. The van der Waals surface area contributed by atoms with Gasteiger partial charge in [-0.1, -0.05) is 39.8 Å². The summed E-state index contributed by atoms with van der Waals surface area (Å²) in [5.74, 6) is 1.18. The van der Waals surface area contributed by atoms with E-state index in [1.54, 1.807) is 17.9 Å². The number of methoxy groups -OCH3 is 1. The standard InChI is InChI=1S/C18H13BrN4O3S/c1-25-15-5-3-2-4-14(15)23-18(20-21-22-23)27-10-11-8-17(24)26-16-9-12(19)6-7-13(11)16/h2-9H,10H2,1H3. The summed E-state index contributed by atoms with van der Waals surface area (Å²) in [5.41, 5.74) is 1.75. The summed E-state index contributed by atoms with van der Waals surface area (Å²) in [6, 6.07) is 14.6. The fourth-order valence-electron chi connectivity index (χ4n) is 2.69. The monoisotopic (exact) mass is 444 g/mol. The Hall–Kier alpha value is -2.65. The van der Waals surface area contributed by atoms with Crippen molar-refractivity contribution in [1.82, 2.24) is 20.2 Å². The molecule has 27 heavy (non-hydrogen) atoms. The van der Waals surface area contributed by atoms with E-state index in [4.69, 9.17) is 9.15 Å². The van der Waals surface area contributed by atoms with Gasteiger partial charge in [-0.15, -0.1) is 5.10 Å². The van der Waals surface area contributed by atoms with Crippen molar-refractivity contribution in [3.63, 3.8) is 0 Å². The van der Waals surface area contributed by atoms with Crippen LogP contribution in [0.4, 0.5) is 0 Å². The van der Waals surface area contributed by atoms with Crippen molar-refractivity contribution < 1.29 is 9.15 Å². The SMILES string of the molecule is COc1ccccc1-n1nnnc1SCc1cc(=O)oc2cc(Br)ccc12. The fourth-order valence-corrected chi connectivity index (χ4v) is 3.91. The molecule has 0 aliphatic heterocycles. The highest BCUT2D eigenvalue weighted by Crippen LogP contribution is 2.29. The normalized spacial score (nSPS) is 11.0. The zero-order valence-corrected chi connectivity index (χ0v) is 16.5. The van der Waals surface area contributed by atoms with E-state index in [0.717, 1.165) is 21.1 Å². The van der Waals surface area contributed by atoms with E-state index in [1.165, 1.54) is 17.8 Å². The van der Waals surface area contributed by atoms with Crippen molar-refractivity contribution in [2.45, 2.75) is 10.9 Å². The van der Waals surface area contributed by atoms with Crippen molar-refractivity contribution >= 4 is 38.7 Å². The van der Waals surface area contributed by atoms with Crippen LogP contribution in [0.15, 0.2) is 67.4 Å². The quantitative estimate of drug-likeness (QED) is 0.341. The third-order valence-electron chi connectivity index (χ3n) is 3.90. The first-order chi connectivity index (χ1) is 13.2. The Morgan fingerprint density at radius 1 is 1.22 bits per heavy atom. The summed E-state index contributed by atoms with van der Waals surface area (Å²) < 4.78 is 13.1. The van der Waals surface area contributed by atoms with Crippen LogP contribution in [-0.4, -0.2) is 27.3 Å². The van der Waals surface area contributed by atoms with Crippen LogP contribution in [0.2, 0.25) is 0 Å². The van der Waals surface area contributed by atoms with Gasteiger partial charge in [0, 0.05) is 21.7 Å². The van der Waals surface area contributed by atoms with Gasteiger partial charge in [-0.2, -0.15) is 4.68 Å². The van der Waals surface area contributed by atoms with Gasteiger partial charge < -0.3 is 9.15 Å². The molecule has 0 amide bonds.